The van der Waals surface area contributed by atoms with Crippen molar-refractivity contribution in [2.75, 3.05) is 6.61 Å². The van der Waals surface area contributed by atoms with Crippen LogP contribution in [0.2, 0.25) is 0 Å². The summed E-state index contributed by atoms with van der Waals surface area (Å²) >= 11 is 0. The Hall–Kier alpha value is -2.25. The Morgan fingerprint density at radius 1 is 1.50 bits per heavy atom. The van der Waals surface area contributed by atoms with Crippen molar-refractivity contribution in [1.82, 2.24) is 24.9 Å². The van der Waals surface area contributed by atoms with E-state index in [2.05, 4.69) is 24.9 Å². The molecule has 2 aromatic rings. The van der Waals surface area contributed by atoms with Gasteiger partial charge in [-0.05, 0) is 13.8 Å². The quantitative estimate of drug-likeness (QED) is 0.709. The minimum atomic E-state index is -0.480. The summed E-state index contributed by atoms with van der Waals surface area (Å²) in [5.74, 6) is 0.920. The van der Waals surface area contributed by atoms with Gasteiger partial charge in [-0.1, -0.05) is 5.16 Å². The van der Waals surface area contributed by atoms with E-state index in [4.69, 9.17) is 4.74 Å². The molecular formula is C10H13N5O3. The highest BCUT2D eigenvalue weighted by molar-refractivity contribution is 5.85. The first kappa shape index (κ1) is 12.2. The minimum Gasteiger partial charge on any atom is -0.460 e. The molecule has 0 atom stereocenters. The van der Waals surface area contributed by atoms with E-state index in [0.717, 1.165) is 0 Å². The average molecular weight is 251 g/mol. The Morgan fingerprint density at radius 2 is 2.33 bits per heavy atom. The van der Waals surface area contributed by atoms with Gasteiger partial charge in [0.1, 0.15) is 5.82 Å². The summed E-state index contributed by atoms with van der Waals surface area (Å²) in [6, 6.07) is 0. The van der Waals surface area contributed by atoms with Crippen LogP contribution in [0.1, 0.15) is 29.2 Å². The van der Waals surface area contributed by atoms with Gasteiger partial charge in [0.2, 0.25) is 12.2 Å². The molecule has 0 N–H and O–H groups in total. The van der Waals surface area contributed by atoms with Crippen LogP contribution in [-0.2, 0) is 17.7 Å². The molecule has 0 aliphatic rings. The average Bonchev–Trinajstić information content (AvgIpc) is 2.96. The smallest absolute Gasteiger partial charge is 0.376 e. The predicted molar refractivity (Wildman–Crippen MR) is 58.7 cm³/mol. The fourth-order valence-electron chi connectivity index (χ4n) is 1.51. The summed E-state index contributed by atoms with van der Waals surface area (Å²) in [5, 5.41) is 11.4. The molecule has 0 aliphatic heterocycles. The Labute approximate surface area is 103 Å². The van der Waals surface area contributed by atoms with Crippen molar-refractivity contribution in [3.63, 3.8) is 0 Å². The van der Waals surface area contributed by atoms with E-state index in [9.17, 15) is 4.79 Å². The molecule has 2 heterocycles. The third-order valence-corrected chi connectivity index (χ3v) is 2.36. The maximum Gasteiger partial charge on any atom is 0.376 e. The van der Waals surface area contributed by atoms with Gasteiger partial charge >= 0.3 is 5.97 Å². The molecule has 0 saturated carbocycles. The molecule has 0 aliphatic carbocycles. The van der Waals surface area contributed by atoms with Crippen molar-refractivity contribution in [2.24, 2.45) is 0 Å². The molecule has 2 aromatic heterocycles. The van der Waals surface area contributed by atoms with Crippen LogP contribution in [0.5, 0.6) is 0 Å². The normalized spacial score (nSPS) is 10.6. The first-order chi connectivity index (χ1) is 8.72. The first-order valence-corrected chi connectivity index (χ1v) is 5.54. The molecule has 0 radical (unpaired) electrons. The summed E-state index contributed by atoms with van der Waals surface area (Å²) in [6.45, 7) is 4.30. The number of ether oxygens (including phenoxy) is 1. The molecule has 96 valence electrons. The topological polar surface area (TPSA) is 95.9 Å². The highest BCUT2D eigenvalue weighted by atomic mass is 16.5. The Morgan fingerprint density at radius 3 is 3.00 bits per heavy atom. The van der Waals surface area contributed by atoms with Crippen molar-refractivity contribution in [2.45, 2.75) is 26.8 Å². The van der Waals surface area contributed by atoms with Gasteiger partial charge in [-0.15, -0.1) is 10.2 Å². The highest BCUT2D eigenvalue weighted by Gasteiger charge is 2.18. The summed E-state index contributed by atoms with van der Waals surface area (Å²) < 4.78 is 11.2. The van der Waals surface area contributed by atoms with Gasteiger partial charge in [0.05, 0.1) is 6.61 Å². The number of carbonyl (C=O) groups is 1. The summed E-state index contributed by atoms with van der Waals surface area (Å²) in [4.78, 5) is 15.6. The van der Waals surface area contributed by atoms with Crippen LogP contribution in [0.15, 0.2) is 10.9 Å². The number of esters is 1. The van der Waals surface area contributed by atoms with Gasteiger partial charge in [0.25, 0.3) is 0 Å². The van der Waals surface area contributed by atoms with E-state index in [-0.39, 0.29) is 5.82 Å². The third-order valence-electron chi connectivity index (χ3n) is 2.36. The van der Waals surface area contributed by atoms with Crippen molar-refractivity contribution in [3.05, 3.63) is 23.9 Å². The molecule has 0 saturated heterocycles. The lowest BCUT2D eigenvalue weighted by Gasteiger charge is -2.06. The number of aromatic nitrogens is 5. The zero-order valence-corrected chi connectivity index (χ0v) is 10.2. The van der Waals surface area contributed by atoms with Gasteiger partial charge in [-0.3, -0.25) is 0 Å². The van der Waals surface area contributed by atoms with Gasteiger partial charge in [0, 0.05) is 13.0 Å². The van der Waals surface area contributed by atoms with Crippen LogP contribution in [-0.4, -0.2) is 37.5 Å². The number of rotatable bonds is 5. The SMILES string of the molecule is CCOC(=O)c1nnc(C)n1CCc1ncon1. The zero-order valence-electron chi connectivity index (χ0n) is 10.2. The molecular weight excluding hydrogens is 238 g/mol. The molecule has 8 heteroatoms. The van der Waals surface area contributed by atoms with E-state index in [1.165, 1.54) is 6.39 Å². The molecule has 2 rings (SSSR count). The first-order valence-electron chi connectivity index (χ1n) is 5.54. The standard InChI is InChI=1S/C10H13N5O3/c1-3-17-10(16)9-13-12-7(2)15(9)5-4-8-11-6-18-14-8/h6H,3-5H2,1-2H3. The second-order valence-electron chi connectivity index (χ2n) is 3.54. The van der Waals surface area contributed by atoms with E-state index in [1.54, 1.807) is 18.4 Å². The Kier molecular flexibility index (Phi) is 3.66. The molecule has 18 heavy (non-hydrogen) atoms. The molecule has 0 bridgehead atoms. The van der Waals surface area contributed by atoms with Crippen molar-refractivity contribution < 1.29 is 14.1 Å². The summed E-state index contributed by atoms with van der Waals surface area (Å²) in [7, 11) is 0. The van der Waals surface area contributed by atoms with E-state index in [1.807, 2.05) is 0 Å². The fraction of sp³-hybridized carbons (Fsp3) is 0.500. The van der Waals surface area contributed by atoms with Gasteiger partial charge in [-0.2, -0.15) is 4.98 Å². The number of carbonyl (C=O) groups excluding carboxylic acids is 1. The van der Waals surface area contributed by atoms with Crippen molar-refractivity contribution >= 4 is 5.97 Å². The Balaban J connectivity index is 2.11. The number of nitrogens with zero attached hydrogens (tertiary/aromatic N) is 5. The van der Waals surface area contributed by atoms with E-state index >= 15 is 0 Å². The van der Waals surface area contributed by atoms with Gasteiger partial charge in [0.15, 0.2) is 5.82 Å². The lowest BCUT2D eigenvalue weighted by atomic mass is 10.4. The second-order valence-corrected chi connectivity index (χ2v) is 3.54. The number of hydrogen-bond donors (Lipinski definition) is 0. The second kappa shape index (κ2) is 5.39. The van der Waals surface area contributed by atoms with Gasteiger partial charge < -0.3 is 13.8 Å². The van der Waals surface area contributed by atoms with Crippen molar-refractivity contribution in [1.29, 1.82) is 0 Å². The number of hydrogen-bond acceptors (Lipinski definition) is 7. The number of aryl methyl sites for hydroxylation is 2. The molecule has 0 fully saturated rings. The van der Waals surface area contributed by atoms with Crippen LogP contribution in [0.3, 0.4) is 0 Å². The van der Waals surface area contributed by atoms with Crippen LogP contribution in [0, 0.1) is 6.92 Å². The van der Waals surface area contributed by atoms with E-state index in [0.29, 0.717) is 31.2 Å². The lowest BCUT2D eigenvalue weighted by molar-refractivity contribution is 0.0505. The zero-order chi connectivity index (χ0) is 13.0. The summed E-state index contributed by atoms with van der Waals surface area (Å²) in [6.07, 6.45) is 1.79. The van der Waals surface area contributed by atoms with Crippen LogP contribution in [0.4, 0.5) is 0 Å². The molecule has 0 spiro atoms. The maximum absolute atomic E-state index is 11.6. The lowest BCUT2D eigenvalue weighted by Crippen LogP contribution is -2.15. The predicted octanol–water partition coefficient (Wildman–Crippen LogP) is 0.389. The Bertz CT molecular complexity index is 520. The molecule has 8 nitrogen and oxygen atoms in total. The van der Waals surface area contributed by atoms with E-state index < -0.39 is 5.97 Å². The molecule has 0 aromatic carbocycles. The highest BCUT2D eigenvalue weighted by Crippen LogP contribution is 2.05. The van der Waals surface area contributed by atoms with Crippen molar-refractivity contribution in [3.8, 4) is 0 Å². The molecule has 0 amide bonds. The van der Waals surface area contributed by atoms with Gasteiger partial charge in [-0.25, -0.2) is 4.79 Å². The minimum absolute atomic E-state index is 0.192. The largest absolute Gasteiger partial charge is 0.460 e. The monoisotopic (exact) mass is 251 g/mol. The molecule has 0 unspecified atom stereocenters. The fourth-order valence-corrected chi connectivity index (χ4v) is 1.51. The maximum atomic E-state index is 11.6. The summed E-state index contributed by atoms with van der Waals surface area (Å²) in [5.41, 5.74) is 0. The third kappa shape index (κ3) is 2.53. The van der Waals surface area contributed by atoms with Crippen LogP contribution in [0.25, 0.3) is 0 Å². The van der Waals surface area contributed by atoms with Crippen LogP contribution >= 0.6 is 0 Å². The van der Waals surface area contributed by atoms with Crippen LogP contribution < -0.4 is 0 Å².